The van der Waals surface area contributed by atoms with Crippen LogP contribution in [0.1, 0.15) is 22.6 Å². The number of rotatable bonds is 6. The van der Waals surface area contributed by atoms with Gasteiger partial charge in [-0.2, -0.15) is 0 Å². The molecular weight excluding hydrogens is 324 g/mol. The molecule has 0 spiro atoms. The Morgan fingerprint density at radius 2 is 1.92 bits per heavy atom. The fourth-order valence-electron chi connectivity index (χ4n) is 2.87. The highest BCUT2D eigenvalue weighted by molar-refractivity contribution is 5.85. The molecule has 1 aliphatic heterocycles. The molecule has 2 heterocycles. The van der Waals surface area contributed by atoms with E-state index in [1.54, 1.807) is 7.11 Å². The molecule has 0 fully saturated rings. The summed E-state index contributed by atoms with van der Waals surface area (Å²) in [7, 11) is 1.72. The number of benzene rings is 1. The third-order valence-electron chi connectivity index (χ3n) is 4.03. The van der Waals surface area contributed by atoms with Gasteiger partial charge < -0.3 is 15.4 Å². The van der Waals surface area contributed by atoms with Crippen LogP contribution in [0.15, 0.2) is 30.3 Å². The number of hydrogen-bond donors (Lipinski definition) is 2. The van der Waals surface area contributed by atoms with Crippen LogP contribution < -0.4 is 10.6 Å². The maximum atomic E-state index is 5.14. The van der Waals surface area contributed by atoms with Crippen molar-refractivity contribution in [3.8, 4) is 0 Å². The zero-order valence-corrected chi connectivity index (χ0v) is 14.9. The lowest BCUT2D eigenvalue weighted by Gasteiger charge is -2.14. The smallest absolute Gasteiger partial charge is 0.135 e. The molecule has 0 bridgehead atoms. The summed E-state index contributed by atoms with van der Waals surface area (Å²) in [5, 5.41) is 6.86. The van der Waals surface area contributed by atoms with Gasteiger partial charge in [0.25, 0.3) is 0 Å². The number of nitrogens with zero attached hydrogens (tertiary/aromatic N) is 2. The molecule has 1 aromatic carbocycles. The average molecular weight is 349 g/mol. The molecule has 2 N–H and O–H groups in total. The molecule has 3 rings (SSSR count). The largest absolute Gasteiger partial charge is 0.383 e. The molecule has 0 atom stereocenters. The summed E-state index contributed by atoms with van der Waals surface area (Å²) >= 11 is 0. The van der Waals surface area contributed by atoms with Crippen molar-refractivity contribution in [2.45, 2.75) is 19.3 Å². The van der Waals surface area contributed by atoms with Crippen molar-refractivity contribution in [2.24, 2.45) is 0 Å². The van der Waals surface area contributed by atoms with Gasteiger partial charge in [0.1, 0.15) is 11.6 Å². The fraction of sp³-hybridized carbons (Fsp3) is 0.444. The van der Waals surface area contributed by atoms with Gasteiger partial charge in [-0.15, -0.1) is 12.4 Å². The Morgan fingerprint density at radius 1 is 1.12 bits per heavy atom. The fourth-order valence-corrected chi connectivity index (χ4v) is 2.87. The normalized spacial score (nSPS) is 13.5. The number of hydrogen-bond acceptors (Lipinski definition) is 5. The van der Waals surface area contributed by atoms with Gasteiger partial charge in [0.2, 0.25) is 0 Å². The molecule has 1 aliphatic rings. The average Bonchev–Trinajstić information content (AvgIpc) is 2.81. The molecule has 0 amide bonds. The number of fused-ring (bicyclic) bond motifs is 1. The summed E-state index contributed by atoms with van der Waals surface area (Å²) in [6.45, 7) is 3.39. The maximum Gasteiger partial charge on any atom is 0.135 e. The lowest BCUT2D eigenvalue weighted by atomic mass is 10.1. The van der Waals surface area contributed by atoms with Crippen molar-refractivity contribution in [3.63, 3.8) is 0 Å². The quantitative estimate of drug-likeness (QED) is 0.784. The molecule has 1 aromatic heterocycles. The zero-order valence-electron chi connectivity index (χ0n) is 14.0. The van der Waals surface area contributed by atoms with E-state index in [-0.39, 0.29) is 12.4 Å². The van der Waals surface area contributed by atoms with Crippen LogP contribution >= 0.6 is 12.4 Å². The van der Waals surface area contributed by atoms with Crippen molar-refractivity contribution in [1.29, 1.82) is 0 Å². The Kier molecular flexibility index (Phi) is 7.43. The first-order valence-electron chi connectivity index (χ1n) is 8.23. The molecule has 24 heavy (non-hydrogen) atoms. The minimum absolute atomic E-state index is 0. The summed E-state index contributed by atoms with van der Waals surface area (Å²) in [6, 6.07) is 10.4. The van der Waals surface area contributed by atoms with Crippen molar-refractivity contribution >= 4 is 18.2 Å². The predicted molar refractivity (Wildman–Crippen MR) is 99.2 cm³/mol. The number of anilines is 1. The predicted octanol–water partition coefficient (Wildman–Crippen LogP) is 2.24. The monoisotopic (exact) mass is 348 g/mol. The topological polar surface area (TPSA) is 59.1 Å². The third kappa shape index (κ3) is 4.90. The first kappa shape index (κ1) is 18.6. The van der Waals surface area contributed by atoms with Gasteiger partial charge in [-0.25, -0.2) is 9.97 Å². The Hall–Kier alpha value is -1.69. The van der Waals surface area contributed by atoms with Crippen LogP contribution in [0.4, 0.5) is 5.82 Å². The second-order valence-electron chi connectivity index (χ2n) is 5.75. The van der Waals surface area contributed by atoms with Gasteiger partial charge in [-0.3, -0.25) is 0 Å². The summed E-state index contributed by atoms with van der Waals surface area (Å²) in [5.41, 5.74) is 3.67. The van der Waals surface area contributed by atoms with E-state index in [9.17, 15) is 0 Å². The van der Waals surface area contributed by atoms with Crippen LogP contribution in [0.5, 0.6) is 0 Å². The van der Waals surface area contributed by atoms with Crippen molar-refractivity contribution in [2.75, 3.05) is 38.7 Å². The Bertz CT molecular complexity index is 636. The van der Waals surface area contributed by atoms with Crippen LogP contribution in [-0.2, 0) is 24.0 Å². The van der Waals surface area contributed by atoms with E-state index in [0.29, 0.717) is 6.61 Å². The van der Waals surface area contributed by atoms with E-state index in [0.717, 1.165) is 50.5 Å². The molecule has 5 nitrogen and oxygen atoms in total. The van der Waals surface area contributed by atoms with E-state index in [2.05, 4.69) is 34.9 Å². The minimum atomic E-state index is 0. The van der Waals surface area contributed by atoms with E-state index < -0.39 is 0 Å². The first-order valence-corrected chi connectivity index (χ1v) is 8.23. The summed E-state index contributed by atoms with van der Waals surface area (Å²) < 4.78 is 5.14. The van der Waals surface area contributed by atoms with Crippen molar-refractivity contribution < 1.29 is 4.74 Å². The second kappa shape index (κ2) is 9.57. The molecular formula is C18H25ClN4O. The SMILES string of the molecule is COCCNc1nc(Cc2ccccc2)nc2c1CCNCC2.Cl. The molecule has 0 unspecified atom stereocenters. The molecule has 6 heteroatoms. The lowest BCUT2D eigenvalue weighted by molar-refractivity contribution is 0.210. The van der Waals surface area contributed by atoms with Gasteiger partial charge in [0.15, 0.2) is 0 Å². The summed E-state index contributed by atoms with van der Waals surface area (Å²) in [4.78, 5) is 9.62. The Balaban J connectivity index is 0.00000208. The van der Waals surface area contributed by atoms with Crippen LogP contribution in [0.2, 0.25) is 0 Å². The molecule has 0 aliphatic carbocycles. The number of methoxy groups -OCH3 is 1. The summed E-state index contributed by atoms with van der Waals surface area (Å²) in [5.74, 6) is 1.86. The van der Waals surface area contributed by atoms with E-state index in [1.807, 2.05) is 6.07 Å². The zero-order chi connectivity index (χ0) is 15.9. The number of halogens is 1. The van der Waals surface area contributed by atoms with E-state index in [4.69, 9.17) is 14.7 Å². The van der Waals surface area contributed by atoms with Crippen LogP contribution in [0, 0.1) is 0 Å². The van der Waals surface area contributed by atoms with Crippen molar-refractivity contribution in [3.05, 3.63) is 53.0 Å². The maximum absolute atomic E-state index is 5.14. The Labute approximate surface area is 149 Å². The van der Waals surface area contributed by atoms with Gasteiger partial charge >= 0.3 is 0 Å². The van der Waals surface area contributed by atoms with E-state index >= 15 is 0 Å². The number of ether oxygens (including phenoxy) is 1. The van der Waals surface area contributed by atoms with Crippen LogP contribution in [0.25, 0.3) is 0 Å². The van der Waals surface area contributed by atoms with E-state index in [1.165, 1.54) is 16.8 Å². The second-order valence-corrected chi connectivity index (χ2v) is 5.75. The van der Waals surface area contributed by atoms with Gasteiger partial charge in [0, 0.05) is 38.6 Å². The minimum Gasteiger partial charge on any atom is -0.383 e. The van der Waals surface area contributed by atoms with Gasteiger partial charge in [-0.05, 0) is 18.5 Å². The standard InChI is InChI=1S/C18H24N4O.ClH/c1-23-12-11-20-18-15-7-9-19-10-8-16(15)21-17(22-18)13-14-5-3-2-4-6-14;/h2-6,19H,7-13H2,1H3,(H,20,21,22);1H. The molecule has 2 aromatic rings. The van der Waals surface area contributed by atoms with Gasteiger partial charge in [0.05, 0.1) is 12.3 Å². The van der Waals surface area contributed by atoms with Crippen molar-refractivity contribution in [1.82, 2.24) is 15.3 Å². The number of nitrogens with one attached hydrogen (secondary N) is 2. The molecule has 0 saturated heterocycles. The third-order valence-corrected chi connectivity index (χ3v) is 4.03. The molecule has 0 saturated carbocycles. The van der Waals surface area contributed by atoms with Crippen LogP contribution in [0.3, 0.4) is 0 Å². The molecule has 130 valence electrons. The summed E-state index contributed by atoms with van der Waals surface area (Å²) in [6.07, 6.45) is 2.69. The first-order chi connectivity index (χ1) is 11.4. The van der Waals surface area contributed by atoms with Gasteiger partial charge in [-0.1, -0.05) is 30.3 Å². The highest BCUT2D eigenvalue weighted by Crippen LogP contribution is 2.20. The highest BCUT2D eigenvalue weighted by Gasteiger charge is 2.16. The number of aromatic nitrogens is 2. The Morgan fingerprint density at radius 3 is 2.71 bits per heavy atom. The highest BCUT2D eigenvalue weighted by atomic mass is 35.5. The molecule has 0 radical (unpaired) electrons. The van der Waals surface area contributed by atoms with Crippen LogP contribution in [-0.4, -0.2) is 43.3 Å². The lowest BCUT2D eigenvalue weighted by Crippen LogP contribution is -2.16.